The van der Waals surface area contributed by atoms with Crippen molar-refractivity contribution in [3.8, 4) is 0 Å². The molecule has 2 N–H and O–H groups in total. The molecule has 0 aliphatic carbocycles. The van der Waals surface area contributed by atoms with Gasteiger partial charge in [0.05, 0.1) is 39.6 Å². The number of hydrogen-bond acceptors (Lipinski definition) is 5. The number of rotatable bonds is 14. The lowest BCUT2D eigenvalue weighted by molar-refractivity contribution is -0.119. The normalized spacial score (nSPS) is 10.4. The van der Waals surface area contributed by atoms with Gasteiger partial charge in [-0.25, -0.2) is 0 Å². The number of carbonyl (C=O) groups excluding carboxylic acids is 2. The summed E-state index contributed by atoms with van der Waals surface area (Å²) < 4.78 is 15.7. The molecule has 0 aliphatic heterocycles. The second-order valence-corrected chi connectivity index (χ2v) is 4.34. The molecular formula is C12H22Cl2N2O5. The lowest BCUT2D eigenvalue weighted by Crippen LogP contribution is -2.28. The highest BCUT2D eigenvalue weighted by molar-refractivity contribution is 6.27. The van der Waals surface area contributed by atoms with Crippen molar-refractivity contribution in [1.29, 1.82) is 0 Å². The molecule has 0 heterocycles. The van der Waals surface area contributed by atoms with Crippen LogP contribution in [-0.2, 0) is 23.8 Å². The average molecular weight is 345 g/mol. The Balaban J connectivity index is 3.06. The molecule has 21 heavy (non-hydrogen) atoms. The van der Waals surface area contributed by atoms with Crippen molar-refractivity contribution in [3.05, 3.63) is 0 Å². The maximum atomic E-state index is 10.8. The highest BCUT2D eigenvalue weighted by Crippen LogP contribution is 1.82. The molecule has 0 radical (unpaired) electrons. The number of nitrogens with one attached hydrogen (secondary N) is 2. The van der Waals surface area contributed by atoms with E-state index in [2.05, 4.69) is 10.6 Å². The topological polar surface area (TPSA) is 85.9 Å². The third kappa shape index (κ3) is 15.6. The van der Waals surface area contributed by atoms with Crippen molar-refractivity contribution in [3.63, 3.8) is 0 Å². The van der Waals surface area contributed by atoms with Gasteiger partial charge >= 0.3 is 0 Å². The van der Waals surface area contributed by atoms with Crippen LogP contribution in [0.5, 0.6) is 0 Å². The van der Waals surface area contributed by atoms with Gasteiger partial charge in [-0.05, 0) is 0 Å². The average Bonchev–Trinajstić information content (AvgIpc) is 2.51. The fraction of sp³-hybridized carbons (Fsp3) is 0.833. The molecule has 9 heteroatoms. The lowest BCUT2D eigenvalue weighted by Gasteiger charge is -2.07. The Labute approximate surface area is 134 Å². The molecule has 0 aromatic carbocycles. The van der Waals surface area contributed by atoms with Gasteiger partial charge in [-0.3, -0.25) is 9.59 Å². The Bertz CT molecular complexity index is 256. The minimum Gasteiger partial charge on any atom is -0.377 e. The van der Waals surface area contributed by atoms with Gasteiger partial charge in [0.2, 0.25) is 11.8 Å². The smallest absolute Gasteiger partial charge is 0.235 e. The van der Waals surface area contributed by atoms with Crippen molar-refractivity contribution < 1.29 is 23.8 Å². The fourth-order valence-corrected chi connectivity index (χ4v) is 1.35. The van der Waals surface area contributed by atoms with E-state index in [0.717, 1.165) is 0 Å². The molecule has 0 saturated heterocycles. The third-order valence-corrected chi connectivity index (χ3v) is 2.61. The fourth-order valence-electron chi connectivity index (χ4n) is 1.16. The molecule has 124 valence electrons. The van der Waals surface area contributed by atoms with Crippen LogP contribution in [-0.4, -0.2) is 76.3 Å². The molecule has 0 atom stereocenters. The molecule has 0 bridgehead atoms. The van der Waals surface area contributed by atoms with E-state index in [0.29, 0.717) is 52.7 Å². The number of ether oxygens (including phenoxy) is 3. The van der Waals surface area contributed by atoms with Gasteiger partial charge < -0.3 is 24.8 Å². The van der Waals surface area contributed by atoms with Gasteiger partial charge in [-0.15, -0.1) is 23.2 Å². The molecule has 7 nitrogen and oxygen atoms in total. The lowest BCUT2D eigenvalue weighted by atomic mass is 10.6. The second-order valence-electron chi connectivity index (χ2n) is 3.80. The second kappa shape index (κ2) is 15.8. The molecule has 0 saturated carbocycles. The molecule has 0 fully saturated rings. The molecule has 2 amide bonds. The van der Waals surface area contributed by atoms with Gasteiger partial charge in [0.25, 0.3) is 0 Å². The van der Waals surface area contributed by atoms with Gasteiger partial charge in [0.15, 0.2) is 0 Å². The van der Waals surface area contributed by atoms with E-state index in [1.165, 1.54) is 0 Å². The molecule has 0 unspecified atom stereocenters. The van der Waals surface area contributed by atoms with Gasteiger partial charge in [-0.1, -0.05) is 0 Å². The van der Waals surface area contributed by atoms with Crippen LogP contribution in [0.25, 0.3) is 0 Å². The Morgan fingerprint density at radius 3 is 1.33 bits per heavy atom. The zero-order chi connectivity index (χ0) is 15.8. The minimum atomic E-state index is -0.212. The summed E-state index contributed by atoms with van der Waals surface area (Å²) in [7, 11) is 0. The summed E-state index contributed by atoms with van der Waals surface area (Å²) in [5.74, 6) is -0.510. The van der Waals surface area contributed by atoms with E-state index in [4.69, 9.17) is 37.4 Å². The van der Waals surface area contributed by atoms with Crippen LogP contribution in [0.1, 0.15) is 0 Å². The van der Waals surface area contributed by atoms with E-state index < -0.39 is 0 Å². The van der Waals surface area contributed by atoms with Gasteiger partial charge in [0, 0.05) is 13.1 Å². The zero-order valence-electron chi connectivity index (χ0n) is 11.9. The van der Waals surface area contributed by atoms with Crippen LogP contribution in [0.4, 0.5) is 0 Å². The maximum absolute atomic E-state index is 10.8. The summed E-state index contributed by atoms with van der Waals surface area (Å²) in [4.78, 5) is 21.6. The number of alkyl halides is 2. The highest BCUT2D eigenvalue weighted by atomic mass is 35.5. The number of halogens is 2. The van der Waals surface area contributed by atoms with Crippen LogP contribution in [0.3, 0.4) is 0 Å². The monoisotopic (exact) mass is 344 g/mol. The van der Waals surface area contributed by atoms with Crippen molar-refractivity contribution in [1.82, 2.24) is 10.6 Å². The summed E-state index contributed by atoms with van der Waals surface area (Å²) in [5, 5.41) is 5.16. The summed E-state index contributed by atoms with van der Waals surface area (Å²) in [6.07, 6.45) is 0. The summed E-state index contributed by atoms with van der Waals surface area (Å²) in [6, 6.07) is 0. The molecule has 0 rings (SSSR count). The number of amides is 2. The zero-order valence-corrected chi connectivity index (χ0v) is 13.4. The molecular weight excluding hydrogens is 323 g/mol. The standard InChI is InChI=1S/C12H22Cl2N2O5/c13-9-11(17)15-1-3-19-5-7-21-8-6-20-4-2-16-12(18)10-14/h1-10H2,(H,15,17)(H,16,18). The summed E-state index contributed by atoms with van der Waals surface area (Å²) >= 11 is 10.6. The maximum Gasteiger partial charge on any atom is 0.235 e. The predicted molar refractivity (Wildman–Crippen MR) is 79.9 cm³/mol. The third-order valence-electron chi connectivity index (χ3n) is 2.12. The van der Waals surface area contributed by atoms with E-state index >= 15 is 0 Å². The van der Waals surface area contributed by atoms with Crippen molar-refractivity contribution in [2.75, 3.05) is 64.5 Å². The van der Waals surface area contributed by atoms with Gasteiger partial charge in [0.1, 0.15) is 11.8 Å². The Hall–Kier alpha value is -0.600. The highest BCUT2D eigenvalue weighted by Gasteiger charge is 1.97. The molecule has 0 spiro atoms. The molecule has 0 aliphatic rings. The van der Waals surface area contributed by atoms with Crippen molar-refractivity contribution in [2.24, 2.45) is 0 Å². The molecule has 0 aromatic rings. The van der Waals surface area contributed by atoms with Crippen LogP contribution in [0.2, 0.25) is 0 Å². The predicted octanol–water partition coefficient (Wildman–Crippen LogP) is -0.254. The SMILES string of the molecule is O=C(CCl)NCCOCCOCCOCCNC(=O)CCl. The number of hydrogen-bond donors (Lipinski definition) is 2. The first-order valence-electron chi connectivity index (χ1n) is 6.59. The quantitative estimate of drug-likeness (QED) is 0.335. The largest absolute Gasteiger partial charge is 0.377 e. The summed E-state index contributed by atoms with van der Waals surface area (Å²) in [6.45, 7) is 3.51. The van der Waals surface area contributed by atoms with Crippen molar-refractivity contribution >= 4 is 35.0 Å². The van der Waals surface area contributed by atoms with Crippen molar-refractivity contribution in [2.45, 2.75) is 0 Å². The number of carbonyl (C=O) groups is 2. The van der Waals surface area contributed by atoms with E-state index in [1.807, 2.05) is 0 Å². The minimum absolute atomic E-state index is 0.0430. The Morgan fingerprint density at radius 2 is 1.00 bits per heavy atom. The first-order chi connectivity index (χ1) is 10.2. The van der Waals surface area contributed by atoms with Crippen LogP contribution < -0.4 is 10.6 Å². The Morgan fingerprint density at radius 1 is 0.667 bits per heavy atom. The summed E-state index contributed by atoms with van der Waals surface area (Å²) in [5.41, 5.74) is 0. The molecule has 0 aromatic heterocycles. The van der Waals surface area contributed by atoms with E-state index in [1.54, 1.807) is 0 Å². The van der Waals surface area contributed by atoms with E-state index in [-0.39, 0.29) is 23.6 Å². The first kappa shape index (κ1) is 20.4. The van der Waals surface area contributed by atoms with Crippen LogP contribution in [0.15, 0.2) is 0 Å². The Kier molecular flexibility index (Phi) is 15.3. The van der Waals surface area contributed by atoms with Crippen LogP contribution >= 0.6 is 23.2 Å². The van der Waals surface area contributed by atoms with E-state index in [9.17, 15) is 9.59 Å². The van der Waals surface area contributed by atoms with Crippen LogP contribution in [0, 0.1) is 0 Å². The van der Waals surface area contributed by atoms with Gasteiger partial charge in [-0.2, -0.15) is 0 Å². The first-order valence-corrected chi connectivity index (χ1v) is 7.66.